The molecule has 168 valence electrons. The molecule has 0 radical (unpaired) electrons. The van der Waals surface area contributed by atoms with E-state index in [1.54, 1.807) is 17.0 Å². The number of benzene rings is 1. The number of aliphatic imine (C=N–C) groups is 2. The highest BCUT2D eigenvalue weighted by molar-refractivity contribution is 6.21. The lowest BCUT2D eigenvalue weighted by molar-refractivity contribution is -0.118. The predicted octanol–water partition coefficient (Wildman–Crippen LogP) is 2.70. The highest BCUT2D eigenvalue weighted by Crippen LogP contribution is 2.21. The van der Waals surface area contributed by atoms with Gasteiger partial charge in [0.1, 0.15) is 5.92 Å². The van der Waals surface area contributed by atoms with E-state index in [0.29, 0.717) is 55.1 Å². The molecule has 1 aromatic heterocycles. The van der Waals surface area contributed by atoms with Crippen LogP contribution >= 0.6 is 0 Å². The normalized spacial score (nSPS) is 20.1. The second kappa shape index (κ2) is 8.57. The van der Waals surface area contributed by atoms with Gasteiger partial charge < -0.3 is 14.3 Å². The van der Waals surface area contributed by atoms with E-state index >= 15 is 0 Å². The smallest absolute Gasteiger partial charge is 0.261 e. The number of allylic oxidation sites excluding steroid dienone is 3. The average molecular weight is 444 g/mol. The van der Waals surface area contributed by atoms with Gasteiger partial charge in [0, 0.05) is 43.2 Å². The standard InChI is InChI=1S/C24H24N6O3/c1-15(2)22-26-20(28-33-22)16-7-9-17(10-8-16)23(32)29-11-13-30(14-12-29)24-25-19-6-4-3-5-18(19)21(31)27-24/h3-10,15,18H,11-14H2,1-2H3. The van der Waals surface area contributed by atoms with Crippen molar-refractivity contribution in [2.45, 2.75) is 19.8 Å². The van der Waals surface area contributed by atoms with Crippen molar-refractivity contribution in [2.24, 2.45) is 15.9 Å². The summed E-state index contributed by atoms with van der Waals surface area (Å²) in [5.41, 5.74) is 2.12. The molecule has 0 N–H and O–H groups in total. The molecule has 1 fully saturated rings. The number of hydrogen-bond donors (Lipinski definition) is 0. The minimum Gasteiger partial charge on any atom is -0.339 e. The summed E-state index contributed by atoms with van der Waals surface area (Å²) in [5, 5.41) is 4.01. The van der Waals surface area contributed by atoms with Gasteiger partial charge in [0.15, 0.2) is 0 Å². The molecule has 5 rings (SSSR count). The number of carbonyl (C=O) groups is 2. The van der Waals surface area contributed by atoms with Crippen LogP contribution in [0.15, 0.2) is 63.1 Å². The summed E-state index contributed by atoms with van der Waals surface area (Å²) < 4.78 is 5.26. The van der Waals surface area contributed by atoms with Crippen LogP contribution < -0.4 is 0 Å². The SMILES string of the molecule is CC(C)c1nc(-c2ccc(C(=O)N3CCN(C4=NC(=O)C5C=CC=CC5=N4)CC3)cc2)no1. The van der Waals surface area contributed by atoms with Crippen LogP contribution in [0.1, 0.15) is 36.0 Å². The molecule has 3 aliphatic rings. The Bertz CT molecular complexity index is 1200. The lowest BCUT2D eigenvalue weighted by Crippen LogP contribution is -2.51. The summed E-state index contributed by atoms with van der Waals surface area (Å²) >= 11 is 0. The van der Waals surface area contributed by atoms with Crippen molar-refractivity contribution in [1.29, 1.82) is 0 Å². The molecule has 9 heteroatoms. The van der Waals surface area contributed by atoms with Gasteiger partial charge in [-0.05, 0) is 18.2 Å². The quantitative estimate of drug-likeness (QED) is 0.721. The highest BCUT2D eigenvalue weighted by atomic mass is 16.5. The van der Waals surface area contributed by atoms with Gasteiger partial charge >= 0.3 is 0 Å². The third-order valence-corrected chi connectivity index (χ3v) is 5.88. The molecule has 1 saturated heterocycles. The van der Waals surface area contributed by atoms with Gasteiger partial charge in [-0.15, -0.1) is 0 Å². The zero-order chi connectivity index (χ0) is 22.9. The van der Waals surface area contributed by atoms with E-state index in [9.17, 15) is 9.59 Å². The Hall–Kier alpha value is -3.88. The van der Waals surface area contributed by atoms with Gasteiger partial charge in [-0.1, -0.05) is 49.4 Å². The fourth-order valence-corrected chi connectivity index (χ4v) is 3.94. The highest BCUT2D eigenvalue weighted by Gasteiger charge is 2.30. The fourth-order valence-electron chi connectivity index (χ4n) is 3.94. The molecular weight excluding hydrogens is 420 g/mol. The maximum absolute atomic E-state index is 13.0. The van der Waals surface area contributed by atoms with Gasteiger partial charge in [0.25, 0.3) is 11.8 Å². The number of nitrogens with zero attached hydrogens (tertiary/aromatic N) is 6. The Morgan fingerprint density at radius 2 is 1.82 bits per heavy atom. The average Bonchev–Trinajstić information content (AvgIpc) is 3.35. The van der Waals surface area contributed by atoms with Crippen molar-refractivity contribution >= 4 is 23.5 Å². The zero-order valence-electron chi connectivity index (χ0n) is 18.5. The zero-order valence-corrected chi connectivity index (χ0v) is 18.5. The number of carbonyl (C=O) groups excluding carboxylic acids is 2. The maximum Gasteiger partial charge on any atom is 0.261 e. The molecule has 3 heterocycles. The first kappa shape index (κ1) is 21.0. The van der Waals surface area contributed by atoms with Crippen molar-refractivity contribution in [3.63, 3.8) is 0 Å². The van der Waals surface area contributed by atoms with Crippen molar-refractivity contribution in [3.05, 3.63) is 60.0 Å². The minimum absolute atomic E-state index is 0.0365. The molecule has 2 aromatic rings. The van der Waals surface area contributed by atoms with Crippen LogP contribution in [0.2, 0.25) is 0 Å². The first-order chi connectivity index (χ1) is 16.0. The van der Waals surface area contributed by atoms with Gasteiger partial charge in [0.2, 0.25) is 17.7 Å². The van der Waals surface area contributed by atoms with Crippen LogP contribution in [-0.2, 0) is 4.79 Å². The molecular formula is C24H24N6O3. The molecule has 0 bridgehead atoms. The summed E-state index contributed by atoms with van der Waals surface area (Å²) in [5.74, 6) is 1.08. The number of rotatable bonds is 3. The Labute approximate surface area is 191 Å². The molecule has 1 aromatic carbocycles. The van der Waals surface area contributed by atoms with Crippen LogP contribution in [0.4, 0.5) is 0 Å². The lowest BCUT2D eigenvalue weighted by atomic mass is 9.97. The molecule has 1 unspecified atom stereocenters. The number of piperazine rings is 1. The summed E-state index contributed by atoms with van der Waals surface area (Å²) in [4.78, 5) is 42.2. The van der Waals surface area contributed by atoms with Gasteiger partial charge in [-0.2, -0.15) is 9.98 Å². The molecule has 2 aliphatic heterocycles. The minimum atomic E-state index is -0.381. The summed E-state index contributed by atoms with van der Waals surface area (Å²) in [7, 11) is 0. The Morgan fingerprint density at radius 1 is 1.06 bits per heavy atom. The molecule has 1 aliphatic carbocycles. The van der Waals surface area contributed by atoms with Crippen LogP contribution in [0, 0.1) is 5.92 Å². The molecule has 0 spiro atoms. The summed E-state index contributed by atoms with van der Waals surface area (Å²) in [6, 6.07) is 7.24. The Kier molecular flexibility index (Phi) is 5.45. The second-order valence-corrected chi connectivity index (χ2v) is 8.48. The van der Waals surface area contributed by atoms with Crippen LogP contribution in [0.5, 0.6) is 0 Å². The number of aromatic nitrogens is 2. The van der Waals surface area contributed by atoms with E-state index in [1.807, 2.05) is 55.2 Å². The van der Waals surface area contributed by atoms with Crippen molar-refractivity contribution < 1.29 is 14.1 Å². The van der Waals surface area contributed by atoms with Gasteiger partial charge in [-0.25, -0.2) is 4.99 Å². The second-order valence-electron chi connectivity index (χ2n) is 8.48. The van der Waals surface area contributed by atoms with Crippen molar-refractivity contribution in [3.8, 4) is 11.4 Å². The molecule has 33 heavy (non-hydrogen) atoms. The van der Waals surface area contributed by atoms with E-state index in [1.165, 1.54) is 0 Å². The van der Waals surface area contributed by atoms with Crippen LogP contribution in [-0.4, -0.2) is 69.6 Å². The van der Waals surface area contributed by atoms with Gasteiger partial charge in [0.05, 0.1) is 5.71 Å². The van der Waals surface area contributed by atoms with Crippen molar-refractivity contribution in [2.75, 3.05) is 26.2 Å². The van der Waals surface area contributed by atoms with E-state index < -0.39 is 0 Å². The molecule has 0 saturated carbocycles. The molecule has 1 atom stereocenters. The Morgan fingerprint density at radius 3 is 2.52 bits per heavy atom. The van der Waals surface area contributed by atoms with Gasteiger partial charge in [-0.3, -0.25) is 9.59 Å². The predicted molar refractivity (Wildman–Crippen MR) is 123 cm³/mol. The van der Waals surface area contributed by atoms with Crippen molar-refractivity contribution in [1.82, 2.24) is 19.9 Å². The van der Waals surface area contributed by atoms with Crippen LogP contribution in [0.3, 0.4) is 0 Å². The topological polar surface area (TPSA) is 104 Å². The largest absolute Gasteiger partial charge is 0.339 e. The monoisotopic (exact) mass is 444 g/mol. The lowest BCUT2D eigenvalue weighted by Gasteiger charge is -2.36. The number of fused-ring (bicyclic) bond motifs is 1. The summed E-state index contributed by atoms with van der Waals surface area (Å²) in [6.07, 6.45) is 7.36. The fraction of sp³-hybridized carbons (Fsp3) is 0.333. The maximum atomic E-state index is 13.0. The third kappa shape index (κ3) is 4.13. The van der Waals surface area contributed by atoms with E-state index in [0.717, 1.165) is 5.56 Å². The van der Waals surface area contributed by atoms with E-state index in [4.69, 9.17) is 4.52 Å². The summed E-state index contributed by atoms with van der Waals surface area (Å²) in [6.45, 7) is 6.17. The molecule has 2 amide bonds. The number of hydrogen-bond acceptors (Lipinski definition) is 7. The van der Waals surface area contributed by atoms with E-state index in [-0.39, 0.29) is 23.7 Å². The van der Waals surface area contributed by atoms with Crippen LogP contribution in [0.25, 0.3) is 11.4 Å². The number of amides is 2. The van der Waals surface area contributed by atoms with E-state index in [2.05, 4.69) is 20.1 Å². The third-order valence-electron chi connectivity index (χ3n) is 5.88. The first-order valence-corrected chi connectivity index (χ1v) is 11.0. The number of guanidine groups is 1. The molecule has 9 nitrogen and oxygen atoms in total. The Balaban J connectivity index is 1.22. The first-order valence-electron chi connectivity index (χ1n) is 11.0.